The highest BCUT2D eigenvalue weighted by atomic mass is 79.9. The van der Waals surface area contributed by atoms with Gasteiger partial charge in [0.2, 0.25) is 0 Å². The van der Waals surface area contributed by atoms with Crippen LogP contribution in [0.25, 0.3) is 16.9 Å². The van der Waals surface area contributed by atoms with E-state index in [9.17, 15) is 0 Å². The molecule has 3 aromatic rings. The molecular weight excluding hydrogens is 282 g/mol. The summed E-state index contributed by atoms with van der Waals surface area (Å²) in [5.41, 5.74) is 8.42. The van der Waals surface area contributed by atoms with Crippen LogP contribution in [-0.4, -0.2) is 19.6 Å². The highest BCUT2D eigenvalue weighted by Crippen LogP contribution is 2.23. The van der Waals surface area contributed by atoms with Gasteiger partial charge in [-0.2, -0.15) is 9.61 Å². The normalized spacial score (nSPS) is 10.9. The molecular formula is C11H8BrN5. The van der Waals surface area contributed by atoms with Crippen LogP contribution >= 0.6 is 15.9 Å². The molecule has 3 rings (SSSR count). The number of nitrogens with zero attached hydrogens (tertiary/aromatic N) is 4. The average molecular weight is 290 g/mol. The zero-order chi connectivity index (χ0) is 11.8. The fourth-order valence-electron chi connectivity index (χ4n) is 1.63. The maximum absolute atomic E-state index is 5.93. The fraction of sp³-hybridized carbons (Fsp3) is 0. The SMILES string of the molecule is Nc1cc(-c2ccncc2)nc2c(Br)cnn12. The number of halogens is 1. The summed E-state index contributed by atoms with van der Waals surface area (Å²) in [5.74, 6) is 0.549. The van der Waals surface area contributed by atoms with Crippen LogP contribution in [0.5, 0.6) is 0 Å². The molecule has 6 heteroatoms. The Morgan fingerprint density at radius 3 is 2.76 bits per heavy atom. The van der Waals surface area contributed by atoms with Crippen LogP contribution in [0.4, 0.5) is 5.82 Å². The van der Waals surface area contributed by atoms with Crippen molar-refractivity contribution in [2.45, 2.75) is 0 Å². The van der Waals surface area contributed by atoms with Crippen LogP contribution in [0.1, 0.15) is 0 Å². The number of nitrogens with two attached hydrogens (primary N) is 1. The molecule has 0 atom stereocenters. The molecule has 0 saturated heterocycles. The molecule has 17 heavy (non-hydrogen) atoms. The summed E-state index contributed by atoms with van der Waals surface area (Å²) in [6, 6.07) is 5.58. The predicted octanol–water partition coefficient (Wildman–Crippen LogP) is 2.14. The molecule has 0 amide bonds. The molecule has 0 aromatic carbocycles. The van der Waals surface area contributed by atoms with E-state index in [1.165, 1.54) is 0 Å². The van der Waals surface area contributed by atoms with Gasteiger partial charge in [-0.3, -0.25) is 4.98 Å². The van der Waals surface area contributed by atoms with E-state index < -0.39 is 0 Å². The number of nitrogen functional groups attached to an aromatic ring is 1. The summed E-state index contributed by atoms with van der Waals surface area (Å²) < 4.78 is 2.41. The van der Waals surface area contributed by atoms with Gasteiger partial charge in [0.15, 0.2) is 5.65 Å². The van der Waals surface area contributed by atoms with Crippen molar-refractivity contribution in [3.8, 4) is 11.3 Å². The van der Waals surface area contributed by atoms with Gasteiger partial charge in [0.05, 0.1) is 16.4 Å². The highest BCUT2D eigenvalue weighted by molar-refractivity contribution is 9.10. The number of pyridine rings is 1. The molecule has 2 N–H and O–H groups in total. The number of aromatic nitrogens is 4. The first-order valence-electron chi connectivity index (χ1n) is 4.96. The second kappa shape index (κ2) is 3.81. The molecule has 0 fully saturated rings. The van der Waals surface area contributed by atoms with Gasteiger partial charge in [-0.25, -0.2) is 4.98 Å². The lowest BCUT2D eigenvalue weighted by atomic mass is 10.2. The first-order chi connectivity index (χ1) is 8.25. The molecule has 0 saturated carbocycles. The number of rotatable bonds is 1. The van der Waals surface area contributed by atoms with Gasteiger partial charge in [-0.15, -0.1) is 0 Å². The molecule has 3 heterocycles. The second-order valence-electron chi connectivity index (χ2n) is 3.53. The van der Waals surface area contributed by atoms with E-state index in [-0.39, 0.29) is 0 Å². The number of anilines is 1. The lowest BCUT2D eigenvalue weighted by molar-refractivity contribution is 0.953. The van der Waals surface area contributed by atoms with E-state index in [0.29, 0.717) is 11.5 Å². The van der Waals surface area contributed by atoms with Gasteiger partial charge >= 0.3 is 0 Å². The van der Waals surface area contributed by atoms with Crippen molar-refractivity contribution in [3.05, 3.63) is 41.3 Å². The van der Waals surface area contributed by atoms with E-state index in [4.69, 9.17) is 5.73 Å². The van der Waals surface area contributed by atoms with Crippen molar-refractivity contribution in [2.24, 2.45) is 0 Å². The minimum Gasteiger partial charge on any atom is -0.384 e. The molecule has 0 aliphatic rings. The van der Waals surface area contributed by atoms with Crippen molar-refractivity contribution in [2.75, 3.05) is 5.73 Å². The molecule has 0 radical (unpaired) electrons. The summed E-state index contributed by atoms with van der Waals surface area (Å²) in [6.07, 6.45) is 5.13. The van der Waals surface area contributed by atoms with Crippen molar-refractivity contribution in [1.29, 1.82) is 0 Å². The highest BCUT2D eigenvalue weighted by Gasteiger charge is 2.08. The van der Waals surface area contributed by atoms with Crippen molar-refractivity contribution in [1.82, 2.24) is 19.6 Å². The summed E-state index contributed by atoms with van der Waals surface area (Å²) in [5, 5.41) is 4.12. The smallest absolute Gasteiger partial charge is 0.172 e. The number of hydrogen-bond acceptors (Lipinski definition) is 4. The minimum absolute atomic E-state index is 0.549. The van der Waals surface area contributed by atoms with Gasteiger partial charge in [0, 0.05) is 24.0 Å². The largest absolute Gasteiger partial charge is 0.384 e. The summed E-state index contributed by atoms with van der Waals surface area (Å²) in [7, 11) is 0. The van der Waals surface area contributed by atoms with Crippen LogP contribution in [0.2, 0.25) is 0 Å². The van der Waals surface area contributed by atoms with E-state index in [2.05, 4.69) is 31.0 Å². The van der Waals surface area contributed by atoms with Gasteiger partial charge in [0.1, 0.15) is 5.82 Å². The van der Waals surface area contributed by atoms with Crippen molar-refractivity contribution >= 4 is 27.4 Å². The van der Waals surface area contributed by atoms with Crippen LogP contribution in [0.3, 0.4) is 0 Å². The third kappa shape index (κ3) is 1.66. The second-order valence-corrected chi connectivity index (χ2v) is 4.38. The van der Waals surface area contributed by atoms with Crippen LogP contribution in [0.15, 0.2) is 41.3 Å². The standard InChI is InChI=1S/C11H8BrN5/c12-8-6-15-17-10(13)5-9(16-11(8)17)7-1-3-14-4-2-7/h1-6H,13H2. The summed E-state index contributed by atoms with van der Waals surface area (Å²) >= 11 is 3.39. The average Bonchev–Trinajstić information content (AvgIpc) is 2.73. The predicted molar refractivity (Wildman–Crippen MR) is 68.3 cm³/mol. The van der Waals surface area contributed by atoms with Crippen molar-refractivity contribution < 1.29 is 0 Å². The zero-order valence-electron chi connectivity index (χ0n) is 8.71. The molecule has 3 aromatic heterocycles. The Kier molecular flexibility index (Phi) is 2.29. The quantitative estimate of drug-likeness (QED) is 0.745. The Bertz CT molecular complexity index is 677. The lowest BCUT2D eigenvalue weighted by Gasteiger charge is -2.04. The van der Waals surface area contributed by atoms with Gasteiger partial charge < -0.3 is 5.73 Å². The van der Waals surface area contributed by atoms with Gasteiger partial charge in [-0.1, -0.05) is 0 Å². The Morgan fingerprint density at radius 1 is 1.24 bits per heavy atom. The minimum atomic E-state index is 0.549. The number of hydrogen-bond donors (Lipinski definition) is 1. The first-order valence-corrected chi connectivity index (χ1v) is 5.75. The fourth-order valence-corrected chi connectivity index (χ4v) is 1.98. The molecule has 0 unspecified atom stereocenters. The molecule has 84 valence electrons. The van der Waals surface area contributed by atoms with E-state index in [0.717, 1.165) is 15.7 Å². The van der Waals surface area contributed by atoms with Crippen LogP contribution in [-0.2, 0) is 0 Å². The Labute approximate surface area is 105 Å². The third-order valence-electron chi connectivity index (χ3n) is 2.43. The van der Waals surface area contributed by atoms with E-state index >= 15 is 0 Å². The molecule has 0 aliphatic heterocycles. The molecule has 0 bridgehead atoms. The molecule has 5 nitrogen and oxygen atoms in total. The van der Waals surface area contributed by atoms with Crippen molar-refractivity contribution in [3.63, 3.8) is 0 Å². The van der Waals surface area contributed by atoms with Gasteiger partial charge in [0.25, 0.3) is 0 Å². The summed E-state index contributed by atoms with van der Waals surface area (Å²) in [6.45, 7) is 0. The van der Waals surface area contributed by atoms with Crippen LogP contribution in [0, 0.1) is 0 Å². The number of fused-ring (bicyclic) bond motifs is 1. The molecule has 0 spiro atoms. The topological polar surface area (TPSA) is 69.1 Å². The first kappa shape index (κ1) is 10.2. The van der Waals surface area contributed by atoms with Crippen LogP contribution < -0.4 is 5.73 Å². The third-order valence-corrected chi connectivity index (χ3v) is 2.99. The maximum atomic E-state index is 5.93. The van der Waals surface area contributed by atoms with Gasteiger partial charge in [-0.05, 0) is 28.1 Å². The monoisotopic (exact) mass is 289 g/mol. The zero-order valence-corrected chi connectivity index (χ0v) is 10.3. The Balaban J connectivity index is 2.28. The van der Waals surface area contributed by atoms with E-state index in [1.54, 1.807) is 29.2 Å². The molecule has 0 aliphatic carbocycles. The summed E-state index contributed by atoms with van der Waals surface area (Å²) in [4.78, 5) is 8.49. The Morgan fingerprint density at radius 2 is 2.00 bits per heavy atom. The van der Waals surface area contributed by atoms with E-state index in [1.807, 2.05) is 12.1 Å². The lowest BCUT2D eigenvalue weighted by Crippen LogP contribution is -2.01. The maximum Gasteiger partial charge on any atom is 0.172 e. The Hall–Kier alpha value is -1.95.